The van der Waals surface area contributed by atoms with Gasteiger partial charge in [-0.1, -0.05) is 32.0 Å². The standard InChI is InChI=1S/C23H25N3O4S/c1-12(2)15-8-5-7-13(3)19(15)25-17(27)11-30-23(29)20-14(4)18-21(31-20)24-16-9-6-10-26(16)22(18)28/h5,7-8,12H,6,9-11H2,1-4H3,(H,25,27). The molecule has 1 aliphatic rings. The van der Waals surface area contributed by atoms with Gasteiger partial charge in [0.25, 0.3) is 11.5 Å². The SMILES string of the molecule is Cc1cccc(C(C)C)c1NC(=O)COC(=O)c1sc2nc3n(c(=O)c2c1C)CCC3. The number of para-hydroxylation sites is 1. The highest BCUT2D eigenvalue weighted by Crippen LogP contribution is 2.30. The third-order valence-electron chi connectivity index (χ3n) is 5.62. The fraction of sp³-hybridized carbons (Fsp3) is 0.391. The van der Waals surface area contributed by atoms with Gasteiger partial charge in [0, 0.05) is 18.7 Å². The first-order valence-electron chi connectivity index (χ1n) is 10.4. The minimum absolute atomic E-state index is 0.108. The first kappa shape index (κ1) is 21.2. The van der Waals surface area contributed by atoms with E-state index in [1.807, 2.05) is 25.1 Å². The number of hydrogen-bond acceptors (Lipinski definition) is 6. The molecule has 0 saturated carbocycles. The number of aryl methyl sites for hydroxylation is 3. The van der Waals surface area contributed by atoms with Crippen molar-refractivity contribution in [3.63, 3.8) is 0 Å². The number of benzene rings is 1. The monoisotopic (exact) mass is 439 g/mol. The number of anilines is 1. The third kappa shape index (κ3) is 3.87. The highest BCUT2D eigenvalue weighted by Gasteiger charge is 2.24. The zero-order valence-electron chi connectivity index (χ0n) is 18.1. The lowest BCUT2D eigenvalue weighted by Crippen LogP contribution is -2.22. The molecule has 1 aliphatic heterocycles. The van der Waals surface area contributed by atoms with Crippen molar-refractivity contribution in [2.75, 3.05) is 11.9 Å². The molecule has 31 heavy (non-hydrogen) atoms. The largest absolute Gasteiger partial charge is 0.451 e. The molecule has 0 saturated heterocycles. The Morgan fingerprint density at radius 3 is 2.81 bits per heavy atom. The number of fused-ring (bicyclic) bond motifs is 2. The number of ether oxygens (including phenoxy) is 1. The van der Waals surface area contributed by atoms with Crippen LogP contribution in [0.4, 0.5) is 5.69 Å². The predicted molar refractivity (Wildman–Crippen MR) is 121 cm³/mol. The van der Waals surface area contributed by atoms with E-state index in [-0.39, 0.29) is 11.5 Å². The molecule has 7 nitrogen and oxygen atoms in total. The number of rotatable bonds is 5. The highest BCUT2D eigenvalue weighted by molar-refractivity contribution is 7.20. The van der Waals surface area contributed by atoms with Crippen LogP contribution in [0, 0.1) is 13.8 Å². The van der Waals surface area contributed by atoms with Crippen LogP contribution in [-0.2, 0) is 22.5 Å². The van der Waals surface area contributed by atoms with E-state index < -0.39 is 18.5 Å². The van der Waals surface area contributed by atoms with Gasteiger partial charge in [-0.15, -0.1) is 11.3 Å². The molecule has 3 aromatic rings. The lowest BCUT2D eigenvalue weighted by atomic mass is 9.98. The van der Waals surface area contributed by atoms with Gasteiger partial charge in [-0.25, -0.2) is 9.78 Å². The first-order chi connectivity index (χ1) is 14.8. The van der Waals surface area contributed by atoms with Crippen molar-refractivity contribution in [1.82, 2.24) is 9.55 Å². The molecule has 1 aromatic carbocycles. The molecule has 162 valence electrons. The Balaban J connectivity index is 1.51. The van der Waals surface area contributed by atoms with Crippen molar-refractivity contribution in [3.8, 4) is 0 Å². The molecule has 1 N–H and O–H groups in total. The second-order valence-electron chi connectivity index (χ2n) is 8.14. The summed E-state index contributed by atoms with van der Waals surface area (Å²) in [5, 5.41) is 3.34. The van der Waals surface area contributed by atoms with Crippen molar-refractivity contribution in [1.29, 1.82) is 0 Å². The lowest BCUT2D eigenvalue weighted by Gasteiger charge is -2.16. The minimum atomic E-state index is -0.617. The number of esters is 1. The van der Waals surface area contributed by atoms with Crippen molar-refractivity contribution in [2.24, 2.45) is 0 Å². The minimum Gasteiger partial charge on any atom is -0.451 e. The summed E-state index contributed by atoms with van der Waals surface area (Å²) in [6, 6.07) is 5.86. The van der Waals surface area contributed by atoms with Crippen LogP contribution in [0.25, 0.3) is 10.2 Å². The number of nitrogens with one attached hydrogen (secondary N) is 1. The summed E-state index contributed by atoms with van der Waals surface area (Å²) in [5.74, 6) is -0.0148. The van der Waals surface area contributed by atoms with Gasteiger partial charge in [0.1, 0.15) is 15.5 Å². The lowest BCUT2D eigenvalue weighted by molar-refractivity contribution is -0.119. The molecule has 0 spiro atoms. The molecule has 0 atom stereocenters. The zero-order valence-corrected chi connectivity index (χ0v) is 18.9. The zero-order chi connectivity index (χ0) is 22.3. The van der Waals surface area contributed by atoms with Gasteiger partial charge in [0.15, 0.2) is 6.61 Å². The van der Waals surface area contributed by atoms with E-state index in [1.54, 1.807) is 11.5 Å². The molecule has 0 radical (unpaired) electrons. The predicted octanol–water partition coefficient (Wildman–Crippen LogP) is 3.94. The van der Waals surface area contributed by atoms with E-state index in [0.717, 1.165) is 46.8 Å². The molecule has 0 fully saturated rings. The molecule has 4 rings (SSSR count). The molecular formula is C23H25N3O4S. The maximum atomic E-state index is 12.8. The van der Waals surface area contributed by atoms with Crippen LogP contribution in [0.3, 0.4) is 0 Å². The van der Waals surface area contributed by atoms with Gasteiger partial charge in [0.2, 0.25) is 0 Å². The van der Waals surface area contributed by atoms with Crippen molar-refractivity contribution in [2.45, 2.75) is 53.0 Å². The number of carbonyl (C=O) groups is 2. The summed E-state index contributed by atoms with van der Waals surface area (Å²) in [4.78, 5) is 43.3. The molecule has 3 heterocycles. The second-order valence-corrected chi connectivity index (χ2v) is 9.14. The van der Waals surface area contributed by atoms with E-state index >= 15 is 0 Å². The van der Waals surface area contributed by atoms with Crippen molar-refractivity contribution < 1.29 is 14.3 Å². The third-order valence-corrected chi connectivity index (χ3v) is 6.79. The van der Waals surface area contributed by atoms with Gasteiger partial charge < -0.3 is 10.1 Å². The molecule has 0 bridgehead atoms. The molecule has 8 heteroatoms. The number of nitrogens with zero attached hydrogens (tertiary/aromatic N) is 2. The van der Waals surface area contributed by atoms with Crippen LogP contribution in [0.1, 0.15) is 58.4 Å². The fourth-order valence-electron chi connectivity index (χ4n) is 3.98. The van der Waals surface area contributed by atoms with Crippen LogP contribution in [-0.4, -0.2) is 28.0 Å². The summed E-state index contributed by atoms with van der Waals surface area (Å²) in [6.07, 6.45) is 1.67. The van der Waals surface area contributed by atoms with E-state index in [0.29, 0.717) is 27.2 Å². The van der Waals surface area contributed by atoms with Crippen LogP contribution >= 0.6 is 11.3 Å². The fourth-order valence-corrected chi connectivity index (χ4v) is 5.07. The first-order valence-corrected chi connectivity index (χ1v) is 11.2. The van der Waals surface area contributed by atoms with Crippen LogP contribution < -0.4 is 10.9 Å². The Morgan fingerprint density at radius 2 is 2.06 bits per heavy atom. The molecule has 1 amide bonds. The average Bonchev–Trinajstić information content (AvgIpc) is 3.32. The van der Waals surface area contributed by atoms with Gasteiger partial charge in [-0.3, -0.25) is 14.2 Å². The molecule has 0 aliphatic carbocycles. The van der Waals surface area contributed by atoms with Crippen LogP contribution in [0.2, 0.25) is 0 Å². The van der Waals surface area contributed by atoms with E-state index in [9.17, 15) is 14.4 Å². The second kappa shape index (κ2) is 8.26. The van der Waals surface area contributed by atoms with E-state index in [2.05, 4.69) is 24.1 Å². The maximum absolute atomic E-state index is 12.8. The van der Waals surface area contributed by atoms with Crippen molar-refractivity contribution in [3.05, 3.63) is 55.9 Å². The number of thiophene rings is 1. The Kier molecular flexibility index (Phi) is 5.66. The summed E-state index contributed by atoms with van der Waals surface area (Å²) in [6.45, 7) is 8.02. The Labute approximate surface area is 184 Å². The van der Waals surface area contributed by atoms with E-state index in [1.165, 1.54) is 0 Å². The summed E-state index contributed by atoms with van der Waals surface area (Å²) >= 11 is 1.15. The molecular weight excluding hydrogens is 414 g/mol. The number of carbonyl (C=O) groups excluding carboxylic acids is 2. The Morgan fingerprint density at radius 1 is 1.29 bits per heavy atom. The number of amides is 1. The summed E-state index contributed by atoms with van der Waals surface area (Å²) in [7, 11) is 0. The van der Waals surface area contributed by atoms with E-state index in [4.69, 9.17) is 4.74 Å². The van der Waals surface area contributed by atoms with Crippen molar-refractivity contribution >= 4 is 39.1 Å². The van der Waals surface area contributed by atoms with Gasteiger partial charge in [0.05, 0.1) is 5.39 Å². The highest BCUT2D eigenvalue weighted by atomic mass is 32.1. The number of hydrogen-bond donors (Lipinski definition) is 1. The smallest absolute Gasteiger partial charge is 0.349 e. The van der Waals surface area contributed by atoms with Gasteiger partial charge in [-0.2, -0.15) is 0 Å². The average molecular weight is 440 g/mol. The Bertz CT molecular complexity index is 1260. The van der Waals surface area contributed by atoms with Crippen LogP contribution in [0.15, 0.2) is 23.0 Å². The molecule has 2 aromatic heterocycles. The Hall–Kier alpha value is -3.00. The molecule has 0 unspecified atom stereocenters. The van der Waals surface area contributed by atoms with Gasteiger partial charge in [-0.05, 0) is 42.9 Å². The summed E-state index contributed by atoms with van der Waals surface area (Å²) < 4.78 is 6.96. The summed E-state index contributed by atoms with van der Waals surface area (Å²) in [5.41, 5.74) is 3.18. The van der Waals surface area contributed by atoms with Gasteiger partial charge >= 0.3 is 5.97 Å². The number of aromatic nitrogens is 2. The maximum Gasteiger partial charge on any atom is 0.349 e. The quantitative estimate of drug-likeness (QED) is 0.608. The topological polar surface area (TPSA) is 90.3 Å². The normalized spacial score (nSPS) is 12.9. The van der Waals surface area contributed by atoms with Crippen LogP contribution in [0.5, 0.6) is 0 Å².